The summed E-state index contributed by atoms with van der Waals surface area (Å²) >= 11 is 1.56. The standard InChI is InChI=1S/C15H17N7OS/c1-7-9(8(2)23-22-7)6-15(17)13-11(19-14(16)20-15)5-12(24-13)10-3-4-18-21-10/h3-5H,6,17H2,1-2H3,(H,18,21)(H3,16,19,20). The molecular weight excluding hydrogens is 326 g/mol. The quantitative estimate of drug-likeness (QED) is 0.572. The van der Waals surface area contributed by atoms with Gasteiger partial charge in [0.05, 0.1) is 26.8 Å². The molecule has 0 fully saturated rings. The number of rotatable bonds is 3. The predicted octanol–water partition coefficient (Wildman–Crippen LogP) is 1.65. The second-order valence-corrected chi connectivity index (χ2v) is 6.92. The minimum absolute atomic E-state index is 0.297. The maximum atomic E-state index is 6.70. The third-order valence-corrected chi connectivity index (χ3v) is 5.45. The molecule has 4 rings (SSSR count). The Morgan fingerprint density at radius 3 is 2.88 bits per heavy atom. The molecule has 6 N–H and O–H groups in total. The Bertz CT molecular complexity index is 904. The van der Waals surface area contributed by atoms with Crippen LogP contribution in [-0.2, 0) is 12.1 Å². The summed E-state index contributed by atoms with van der Waals surface area (Å²) in [5.74, 6) is 1.05. The zero-order chi connectivity index (χ0) is 16.9. The van der Waals surface area contributed by atoms with Crippen LogP contribution < -0.4 is 16.8 Å². The molecule has 4 heterocycles. The number of aromatic amines is 1. The summed E-state index contributed by atoms with van der Waals surface area (Å²) in [7, 11) is 0. The normalized spacial score (nSPS) is 19.7. The van der Waals surface area contributed by atoms with Gasteiger partial charge in [-0.15, -0.1) is 11.3 Å². The molecule has 124 valence electrons. The van der Waals surface area contributed by atoms with Gasteiger partial charge in [-0.3, -0.25) is 5.10 Å². The van der Waals surface area contributed by atoms with Crippen LogP contribution >= 0.6 is 11.3 Å². The molecule has 0 saturated carbocycles. The molecule has 0 saturated heterocycles. The fourth-order valence-electron chi connectivity index (χ4n) is 2.91. The average molecular weight is 343 g/mol. The van der Waals surface area contributed by atoms with Gasteiger partial charge in [-0.25, -0.2) is 4.99 Å². The minimum Gasteiger partial charge on any atom is -0.370 e. The second-order valence-electron chi connectivity index (χ2n) is 5.87. The highest BCUT2D eigenvalue weighted by atomic mass is 32.1. The number of H-pyrrole nitrogens is 1. The minimum atomic E-state index is -0.870. The first-order chi connectivity index (χ1) is 11.5. The van der Waals surface area contributed by atoms with Crippen molar-refractivity contribution in [1.29, 1.82) is 0 Å². The Hall–Kier alpha value is -2.65. The van der Waals surface area contributed by atoms with Crippen molar-refractivity contribution in [3.8, 4) is 10.6 Å². The van der Waals surface area contributed by atoms with Gasteiger partial charge in [0.15, 0.2) is 5.96 Å². The van der Waals surface area contributed by atoms with Crippen LogP contribution in [0.5, 0.6) is 0 Å². The van der Waals surface area contributed by atoms with E-state index in [1.807, 2.05) is 26.0 Å². The van der Waals surface area contributed by atoms with E-state index < -0.39 is 5.66 Å². The van der Waals surface area contributed by atoms with Crippen molar-refractivity contribution in [2.24, 2.45) is 16.5 Å². The molecule has 0 bridgehead atoms. The van der Waals surface area contributed by atoms with Crippen molar-refractivity contribution in [3.63, 3.8) is 0 Å². The molecule has 0 amide bonds. The predicted molar refractivity (Wildman–Crippen MR) is 91.9 cm³/mol. The van der Waals surface area contributed by atoms with E-state index in [0.717, 1.165) is 38.2 Å². The third kappa shape index (κ3) is 2.29. The Balaban J connectivity index is 1.79. The summed E-state index contributed by atoms with van der Waals surface area (Å²) in [6.07, 6.45) is 2.21. The smallest absolute Gasteiger partial charge is 0.195 e. The molecular formula is C15H17N7OS. The lowest BCUT2D eigenvalue weighted by molar-refractivity contribution is 0.383. The van der Waals surface area contributed by atoms with Crippen molar-refractivity contribution < 1.29 is 4.52 Å². The number of guanidine groups is 1. The monoisotopic (exact) mass is 343 g/mol. The summed E-state index contributed by atoms with van der Waals surface area (Å²) in [6.45, 7) is 3.78. The highest BCUT2D eigenvalue weighted by Crippen LogP contribution is 2.43. The molecule has 0 spiro atoms. The number of thiophene rings is 1. The van der Waals surface area contributed by atoms with Gasteiger partial charge < -0.3 is 21.3 Å². The molecule has 1 atom stereocenters. The van der Waals surface area contributed by atoms with Crippen LogP contribution in [0, 0.1) is 13.8 Å². The van der Waals surface area contributed by atoms with Gasteiger partial charge in [-0.05, 0) is 26.0 Å². The van der Waals surface area contributed by atoms with E-state index in [1.54, 1.807) is 17.5 Å². The van der Waals surface area contributed by atoms with Crippen LogP contribution in [0.4, 0.5) is 5.69 Å². The molecule has 9 heteroatoms. The van der Waals surface area contributed by atoms with Crippen LogP contribution in [0.2, 0.25) is 0 Å². The summed E-state index contributed by atoms with van der Waals surface area (Å²) in [5.41, 5.74) is 15.3. The van der Waals surface area contributed by atoms with Crippen molar-refractivity contribution in [2.45, 2.75) is 25.9 Å². The van der Waals surface area contributed by atoms with Gasteiger partial charge in [0.1, 0.15) is 11.4 Å². The van der Waals surface area contributed by atoms with Gasteiger partial charge >= 0.3 is 0 Å². The fraction of sp³-hybridized carbons (Fsp3) is 0.267. The zero-order valence-corrected chi connectivity index (χ0v) is 14.1. The van der Waals surface area contributed by atoms with Crippen molar-refractivity contribution in [1.82, 2.24) is 20.7 Å². The van der Waals surface area contributed by atoms with E-state index >= 15 is 0 Å². The molecule has 3 aromatic heterocycles. The first-order valence-electron chi connectivity index (χ1n) is 7.43. The first kappa shape index (κ1) is 14.9. The lowest BCUT2D eigenvalue weighted by Gasteiger charge is -2.33. The zero-order valence-electron chi connectivity index (χ0n) is 13.3. The summed E-state index contributed by atoms with van der Waals surface area (Å²) < 4.78 is 5.26. The van der Waals surface area contributed by atoms with Crippen LogP contribution in [0.1, 0.15) is 21.9 Å². The highest BCUT2D eigenvalue weighted by molar-refractivity contribution is 7.16. The molecule has 3 aromatic rings. The number of nitrogens with one attached hydrogen (secondary N) is 2. The Morgan fingerprint density at radius 1 is 1.38 bits per heavy atom. The SMILES string of the molecule is Cc1noc(C)c1CC1(N)NC(N)=Nc2cc(-c3ccn[nH]3)sc21. The van der Waals surface area contributed by atoms with Gasteiger partial charge in [0.2, 0.25) is 0 Å². The van der Waals surface area contributed by atoms with Gasteiger partial charge in [0.25, 0.3) is 0 Å². The topological polar surface area (TPSA) is 131 Å². The largest absolute Gasteiger partial charge is 0.370 e. The second kappa shape index (κ2) is 5.18. The summed E-state index contributed by atoms with van der Waals surface area (Å²) in [6, 6.07) is 3.88. The number of aliphatic imine (C=N–C) groups is 1. The maximum absolute atomic E-state index is 6.70. The number of hydrogen-bond acceptors (Lipinski definition) is 8. The van der Waals surface area contributed by atoms with Crippen molar-refractivity contribution in [3.05, 3.63) is 40.2 Å². The molecule has 1 aliphatic heterocycles. The molecule has 1 unspecified atom stereocenters. The van der Waals surface area contributed by atoms with E-state index in [2.05, 4.69) is 25.7 Å². The number of hydrogen-bond donors (Lipinski definition) is 4. The first-order valence-corrected chi connectivity index (χ1v) is 8.25. The number of fused-ring (bicyclic) bond motifs is 1. The van der Waals surface area contributed by atoms with E-state index in [-0.39, 0.29) is 0 Å². The van der Waals surface area contributed by atoms with E-state index in [1.165, 1.54) is 0 Å². The number of nitrogens with zero attached hydrogens (tertiary/aromatic N) is 3. The van der Waals surface area contributed by atoms with E-state index in [4.69, 9.17) is 16.0 Å². The number of aromatic nitrogens is 3. The van der Waals surface area contributed by atoms with E-state index in [0.29, 0.717) is 12.4 Å². The molecule has 24 heavy (non-hydrogen) atoms. The molecule has 0 radical (unpaired) electrons. The van der Waals surface area contributed by atoms with Crippen LogP contribution in [0.3, 0.4) is 0 Å². The lowest BCUT2D eigenvalue weighted by atomic mass is 9.96. The average Bonchev–Trinajstić information content (AvgIpc) is 3.23. The Morgan fingerprint density at radius 2 is 2.21 bits per heavy atom. The molecule has 1 aliphatic rings. The lowest BCUT2D eigenvalue weighted by Crippen LogP contribution is -2.57. The fourth-order valence-corrected chi connectivity index (χ4v) is 4.04. The molecule has 0 aromatic carbocycles. The van der Waals surface area contributed by atoms with Crippen LogP contribution in [-0.4, -0.2) is 21.3 Å². The molecule has 0 aliphatic carbocycles. The van der Waals surface area contributed by atoms with Crippen LogP contribution in [0.25, 0.3) is 10.6 Å². The van der Waals surface area contributed by atoms with Gasteiger partial charge in [-0.1, -0.05) is 5.16 Å². The summed E-state index contributed by atoms with van der Waals surface area (Å²) in [4.78, 5) is 6.31. The van der Waals surface area contributed by atoms with Crippen molar-refractivity contribution in [2.75, 3.05) is 0 Å². The third-order valence-electron chi connectivity index (χ3n) is 4.11. The number of aryl methyl sites for hydroxylation is 2. The maximum Gasteiger partial charge on any atom is 0.195 e. The van der Waals surface area contributed by atoms with E-state index in [9.17, 15) is 0 Å². The van der Waals surface area contributed by atoms with Gasteiger partial charge in [0, 0.05) is 18.2 Å². The summed E-state index contributed by atoms with van der Waals surface area (Å²) in [5, 5.41) is 14.1. The Labute approximate surface area is 141 Å². The van der Waals surface area contributed by atoms with Crippen molar-refractivity contribution >= 4 is 23.0 Å². The highest BCUT2D eigenvalue weighted by Gasteiger charge is 2.38. The number of nitrogens with two attached hydrogens (primary N) is 2. The van der Waals surface area contributed by atoms with Crippen LogP contribution in [0.15, 0.2) is 27.8 Å². The van der Waals surface area contributed by atoms with Gasteiger partial charge in [-0.2, -0.15) is 5.10 Å². The Kier molecular flexibility index (Phi) is 3.22. The molecule has 8 nitrogen and oxygen atoms in total.